The van der Waals surface area contributed by atoms with E-state index in [1.54, 1.807) is 30.3 Å². The normalized spacial score (nSPS) is 15.0. The molecule has 236 valence electrons. The van der Waals surface area contributed by atoms with E-state index in [0.717, 1.165) is 44.2 Å². The molecule has 0 aromatic heterocycles. The Morgan fingerprint density at radius 3 is 2.27 bits per heavy atom. The third kappa shape index (κ3) is 8.25. The average Bonchev–Trinajstić information content (AvgIpc) is 2.99. The molecule has 13 heteroatoms. The molecule has 0 bridgehead atoms. The summed E-state index contributed by atoms with van der Waals surface area (Å²) in [6.07, 6.45) is -0.195. The maximum atomic E-state index is 14.1. The van der Waals surface area contributed by atoms with Crippen LogP contribution in [0.4, 0.5) is 18.9 Å². The molecule has 0 spiro atoms. The highest BCUT2D eigenvalue weighted by molar-refractivity contribution is 7.92. The Morgan fingerprint density at radius 1 is 0.955 bits per heavy atom. The summed E-state index contributed by atoms with van der Waals surface area (Å²) in [5.74, 6) is -1.26. The molecule has 4 rings (SSSR count). The Balaban J connectivity index is 1.75. The first-order valence-electron chi connectivity index (χ1n) is 14.1. The predicted molar refractivity (Wildman–Crippen MR) is 164 cm³/mol. The van der Waals surface area contributed by atoms with Crippen molar-refractivity contribution in [3.05, 3.63) is 94.0 Å². The van der Waals surface area contributed by atoms with E-state index in [4.69, 9.17) is 23.2 Å². The highest BCUT2D eigenvalue weighted by Gasteiger charge is 2.36. The van der Waals surface area contributed by atoms with Crippen molar-refractivity contribution in [1.82, 2.24) is 10.2 Å². The largest absolute Gasteiger partial charge is 0.416 e. The van der Waals surface area contributed by atoms with Crippen LogP contribution in [0, 0.1) is 0 Å². The van der Waals surface area contributed by atoms with Crippen molar-refractivity contribution in [3.63, 3.8) is 0 Å². The number of nitrogens with zero attached hydrogens (tertiary/aromatic N) is 2. The van der Waals surface area contributed by atoms with Gasteiger partial charge in [0.25, 0.3) is 10.0 Å². The molecule has 0 heterocycles. The zero-order chi connectivity index (χ0) is 32.1. The average molecular weight is 671 g/mol. The monoisotopic (exact) mass is 669 g/mol. The zero-order valence-electron chi connectivity index (χ0n) is 23.9. The second-order valence-electron chi connectivity index (χ2n) is 10.7. The van der Waals surface area contributed by atoms with Crippen LogP contribution in [0.25, 0.3) is 0 Å². The fourth-order valence-electron chi connectivity index (χ4n) is 5.10. The summed E-state index contributed by atoms with van der Waals surface area (Å²) < 4.78 is 69.4. The summed E-state index contributed by atoms with van der Waals surface area (Å²) >= 11 is 12.5. The van der Waals surface area contributed by atoms with Crippen LogP contribution < -0.4 is 9.62 Å². The van der Waals surface area contributed by atoms with E-state index >= 15 is 0 Å². The van der Waals surface area contributed by atoms with Gasteiger partial charge in [0, 0.05) is 17.6 Å². The topological polar surface area (TPSA) is 86.8 Å². The standard InChI is InChI=1S/C31H32Cl2F3N3O4S/c1-21(30(41)37-25-11-4-2-5-12-25)38(19-22-9-8-10-24(32)17-22)29(40)20-39(44(42,43)26-13-6-3-7-14-26)28-18-23(31(34,35)36)15-16-27(28)33/h3,6-10,13-18,21,25H,2,4-5,11-12,19-20H2,1H3,(H,37,41)/t21-/m1/s1. The van der Waals surface area contributed by atoms with Gasteiger partial charge >= 0.3 is 6.18 Å². The first kappa shape index (κ1) is 33.6. The number of rotatable bonds is 10. The number of halogens is 5. The molecule has 1 fully saturated rings. The minimum absolute atomic E-state index is 0.0549. The van der Waals surface area contributed by atoms with E-state index in [2.05, 4.69) is 5.32 Å². The van der Waals surface area contributed by atoms with Crippen LogP contribution in [0.2, 0.25) is 10.0 Å². The summed E-state index contributed by atoms with van der Waals surface area (Å²) in [7, 11) is -4.60. The number of anilines is 1. The van der Waals surface area contributed by atoms with Gasteiger partial charge in [0.05, 0.1) is 21.2 Å². The SMILES string of the molecule is C[C@H](C(=O)NC1CCCCC1)N(Cc1cccc(Cl)c1)C(=O)CN(c1cc(C(F)(F)F)ccc1Cl)S(=O)(=O)c1ccccc1. The van der Waals surface area contributed by atoms with Gasteiger partial charge < -0.3 is 10.2 Å². The predicted octanol–water partition coefficient (Wildman–Crippen LogP) is 7.07. The van der Waals surface area contributed by atoms with Gasteiger partial charge in [0.2, 0.25) is 11.8 Å². The molecule has 1 atom stereocenters. The van der Waals surface area contributed by atoms with Crippen molar-refractivity contribution in [2.24, 2.45) is 0 Å². The van der Waals surface area contributed by atoms with Crippen LogP contribution in [-0.4, -0.2) is 43.8 Å². The van der Waals surface area contributed by atoms with E-state index in [1.807, 2.05) is 0 Å². The molecule has 0 saturated heterocycles. The first-order chi connectivity index (χ1) is 20.8. The summed E-state index contributed by atoms with van der Waals surface area (Å²) in [6.45, 7) is 0.474. The lowest BCUT2D eigenvalue weighted by molar-refractivity contribution is -0.139. The number of hydrogen-bond acceptors (Lipinski definition) is 4. The van der Waals surface area contributed by atoms with E-state index in [-0.39, 0.29) is 22.5 Å². The van der Waals surface area contributed by atoms with Gasteiger partial charge in [-0.3, -0.25) is 13.9 Å². The number of carbonyl (C=O) groups excluding carboxylic acids is 2. The van der Waals surface area contributed by atoms with E-state index < -0.39 is 51.9 Å². The van der Waals surface area contributed by atoms with E-state index in [9.17, 15) is 31.2 Å². The van der Waals surface area contributed by atoms with Gasteiger partial charge in [0.15, 0.2) is 0 Å². The third-order valence-corrected chi connectivity index (χ3v) is 9.84. The lowest BCUT2D eigenvalue weighted by Crippen LogP contribution is -2.53. The maximum absolute atomic E-state index is 14.1. The van der Waals surface area contributed by atoms with Crippen LogP contribution >= 0.6 is 23.2 Å². The molecule has 7 nitrogen and oxygen atoms in total. The highest BCUT2D eigenvalue weighted by Crippen LogP contribution is 2.37. The van der Waals surface area contributed by atoms with Crippen molar-refractivity contribution < 1.29 is 31.2 Å². The molecule has 3 aromatic rings. The van der Waals surface area contributed by atoms with Crippen molar-refractivity contribution in [3.8, 4) is 0 Å². The van der Waals surface area contributed by atoms with Crippen molar-refractivity contribution >= 4 is 50.7 Å². The van der Waals surface area contributed by atoms with Gasteiger partial charge in [0.1, 0.15) is 12.6 Å². The lowest BCUT2D eigenvalue weighted by Gasteiger charge is -2.33. The Bertz CT molecular complexity index is 1580. The van der Waals surface area contributed by atoms with Gasteiger partial charge in [-0.25, -0.2) is 8.42 Å². The fraction of sp³-hybridized carbons (Fsp3) is 0.355. The molecule has 1 aliphatic carbocycles. The fourth-order valence-corrected chi connectivity index (χ4v) is 7.03. The zero-order valence-corrected chi connectivity index (χ0v) is 26.2. The number of amides is 2. The molecule has 0 radical (unpaired) electrons. The Morgan fingerprint density at radius 2 is 1.64 bits per heavy atom. The molecule has 0 unspecified atom stereocenters. The van der Waals surface area contributed by atoms with Gasteiger partial charge in [-0.1, -0.05) is 72.8 Å². The van der Waals surface area contributed by atoms with E-state index in [1.165, 1.54) is 36.1 Å². The highest BCUT2D eigenvalue weighted by atomic mass is 35.5. The Kier molecular flexibility index (Phi) is 10.9. The second-order valence-corrected chi connectivity index (χ2v) is 13.4. The molecule has 1 aliphatic rings. The number of carbonyl (C=O) groups is 2. The number of nitrogens with one attached hydrogen (secondary N) is 1. The van der Waals surface area contributed by atoms with Crippen LogP contribution in [-0.2, 0) is 32.3 Å². The van der Waals surface area contributed by atoms with Gasteiger partial charge in [-0.05, 0) is 67.8 Å². The first-order valence-corrected chi connectivity index (χ1v) is 16.3. The van der Waals surface area contributed by atoms with Crippen molar-refractivity contribution in [2.75, 3.05) is 10.8 Å². The minimum atomic E-state index is -4.81. The van der Waals surface area contributed by atoms with Crippen molar-refractivity contribution in [1.29, 1.82) is 0 Å². The number of hydrogen-bond donors (Lipinski definition) is 1. The van der Waals surface area contributed by atoms with Gasteiger partial charge in [-0.2, -0.15) is 13.2 Å². The second kappa shape index (κ2) is 14.2. The molecule has 1 saturated carbocycles. The quantitative estimate of drug-likeness (QED) is 0.250. The molecular weight excluding hydrogens is 638 g/mol. The summed E-state index contributed by atoms with van der Waals surface area (Å²) in [5, 5.41) is 3.07. The van der Waals surface area contributed by atoms with E-state index in [0.29, 0.717) is 21.0 Å². The molecule has 3 aromatic carbocycles. The molecule has 44 heavy (non-hydrogen) atoms. The van der Waals surface area contributed by atoms with Crippen LogP contribution in [0.1, 0.15) is 50.2 Å². The Hall–Kier alpha value is -3.28. The number of sulfonamides is 1. The van der Waals surface area contributed by atoms with Crippen LogP contribution in [0.5, 0.6) is 0 Å². The smallest absolute Gasteiger partial charge is 0.352 e. The number of alkyl halides is 3. The molecule has 0 aliphatic heterocycles. The lowest BCUT2D eigenvalue weighted by atomic mass is 9.95. The van der Waals surface area contributed by atoms with Gasteiger partial charge in [-0.15, -0.1) is 0 Å². The van der Waals surface area contributed by atoms with Crippen molar-refractivity contribution in [2.45, 2.75) is 68.7 Å². The molecule has 1 N–H and O–H groups in total. The van der Waals surface area contributed by atoms with Crippen LogP contribution in [0.15, 0.2) is 77.7 Å². The minimum Gasteiger partial charge on any atom is -0.352 e. The molecule has 2 amide bonds. The number of benzene rings is 3. The van der Waals surface area contributed by atoms with Crippen LogP contribution in [0.3, 0.4) is 0 Å². The third-order valence-electron chi connectivity index (χ3n) is 7.51. The maximum Gasteiger partial charge on any atom is 0.416 e. The summed E-state index contributed by atoms with van der Waals surface area (Å²) in [5.41, 5.74) is -1.10. The molecular formula is C31H32Cl2F3N3O4S. The summed E-state index contributed by atoms with van der Waals surface area (Å²) in [6, 6.07) is 14.7. The summed E-state index contributed by atoms with van der Waals surface area (Å²) in [4.78, 5) is 28.4. The Labute approximate surface area is 265 Å².